The molecule has 2 heteroatoms. The van der Waals surface area contributed by atoms with Crippen molar-refractivity contribution < 1.29 is 4.79 Å². The largest absolute Gasteiger partial charge is 0.299 e. The van der Waals surface area contributed by atoms with E-state index in [-0.39, 0.29) is 0 Å². The number of rotatable bonds is 7. The van der Waals surface area contributed by atoms with Crippen molar-refractivity contribution in [3.8, 4) is 0 Å². The second-order valence-corrected chi connectivity index (χ2v) is 7.39. The molecule has 0 N–H and O–H groups in total. The summed E-state index contributed by atoms with van der Waals surface area (Å²) in [5.74, 6) is 1.53. The normalized spacial score (nSPS) is 22.5. The summed E-state index contributed by atoms with van der Waals surface area (Å²) < 4.78 is 1.13. The number of halogens is 1. The van der Waals surface area contributed by atoms with Crippen molar-refractivity contribution in [2.24, 2.45) is 11.8 Å². The summed E-state index contributed by atoms with van der Waals surface area (Å²) in [6.45, 7) is 2.22. The number of hydrogen-bond donors (Lipinski definition) is 0. The summed E-state index contributed by atoms with van der Waals surface area (Å²) in [5, 5.41) is 0. The molecular weight excluding hydrogens is 324 g/mol. The Morgan fingerprint density at radius 2 is 1.86 bits per heavy atom. The lowest BCUT2D eigenvalue weighted by molar-refractivity contribution is -0.126. The minimum Gasteiger partial charge on any atom is -0.299 e. The maximum Gasteiger partial charge on any atom is 0.136 e. The van der Waals surface area contributed by atoms with Crippen LogP contribution in [0.25, 0.3) is 0 Å². The zero-order valence-electron chi connectivity index (χ0n) is 13.1. The van der Waals surface area contributed by atoms with Gasteiger partial charge in [-0.05, 0) is 55.7 Å². The van der Waals surface area contributed by atoms with E-state index >= 15 is 0 Å². The molecule has 0 aliphatic heterocycles. The Kier molecular flexibility index (Phi) is 6.95. The van der Waals surface area contributed by atoms with Crippen LogP contribution >= 0.6 is 15.9 Å². The van der Waals surface area contributed by atoms with Crippen molar-refractivity contribution in [2.45, 2.75) is 64.7 Å². The van der Waals surface area contributed by atoms with Gasteiger partial charge in [-0.15, -0.1) is 0 Å². The van der Waals surface area contributed by atoms with E-state index in [2.05, 4.69) is 47.1 Å². The lowest BCUT2D eigenvalue weighted by Crippen LogP contribution is -2.25. The fraction of sp³-hybridized carbons (Fsp3) is 0.632. The van der Waals surface area contributed by atoms with E-state index in [4.69, 9.17) is 0 Å². The van der Waals surface area contributed by atoms with Crippen molar-refractivity contribution in [1.82, 2.24) is 0 Å². The van der Waals surface area contributed by atoms with Crippen LogP contribution in [0.3, 0.4) is 0 Å². The number of carbonyl (C=O) groups excluding carboxylic acids is 1. The molecule has 0 aromatic heterocycles. The topological polar surface area (TPSA) is 17.1 Å². The molecule has 0 radical (unpaired) electrons. The molecule has 21 heavy (non-hydrogen) atoms. The first kappa shape index (κ1) is 16.7. The molecule has 1 fully saturated rings. The van der Waals surface area contributed by atoms with Crippen LogP contribution in [0.15, 0.2) is 28.7 Å². The molecule has 1 aromatic carbocycles. The lowest BCUT2D eigenvalue weighted by atomic mass is 9.77. The van der Waals surface area contributed by atoms with Gasteiger partial charge >= 0.3 is 0 Å². The SMILES string of the molecule is CCCCCC1CCC(CCc2ccc(Br)cc2)CC1=O. The van der Waals surface area contributed by atoms with Crippen LogP contribution < -0.4 is 0 Å². The molecular formula is C19H27BrO. The number of Topliss-reactive ketones (excluding diaryl/α,β-unsaturated/α-hetero) is 1. The Bertz CT molecular complexity index is 437. The molecule has 1 nitrogen and oxygen atoms in total. The highest BCUT2D eigenvalue weighted by Gasteiger charge is 2.27. The van der Waals surface area contributed by atoms with Gasteiger partial charge in [0, 0.05) is 16.8 Å². The Hall–Kier alpha value is -0.630. The van der Waals surface area contributed by atoms with Gasteiger partial charge in [0.05, 0.1) is 0 Å². The molecule has 0 spiro atoms. The number of ketones is 1. The van der Waals surface area contributed by atoms with Crippen molar-refractivity contribution >= 4 is 21.7 Å². The summed E-state index contributed by atoms with van der Waals surface area (Å²) in [6, 6.07) is 8.57. The Balaban J connectivity index is 1.72. The zero-order valence-corrected chi connectivity index (χ0v) is 14.7. The molecule has 0 bridgehead atoms. The Morgan fingerprint density at radius 1 is 1.10 bits per heavy atom. The highest BCUT2D eigenvalue weighted by atomic mass is 79.9. The second kappa shape index (κ2) is 8.73. The van der Waals surface area contributed by atoms with Gasteiger partial charge in [0.1, 0.15) is 5.78 Å². The summed E-state index contributed by atoms with van der Waals surface area (Å²) >= 11 is 3.47. The van der Waals surface area contributed by atoms with Crippen LogP contribution in [0, 0.1) is 11.8 Å². The Labute approximate surface area is 137 Å². The summed E-state index contributed by atoms with van der Waals surface area (Å²) in [5.41, 5.74) is 1.38. The molecule has 0 amide bonds. The number of carbonyl (C=O) groups is 1. The minimum absolute atomic E-state index is 0.375. The Morgan fingerprint density at radius 3 is 2.52 bits per heavy atom. The smallest absolute Gasteiger partial charge is 0.136 e. The van der Waals surface area contributed by atoms with Crippen molar-refractivity contribution in [3.05, 3.63) is 34.3 Å². The van der Waals surface area contributed by atoms with Crippen molar-refractivity contribution in [3.63, 3.8) is 0 Å². The number of unbranched alkanes of at least 4 members (excludes halogenated alkanes) is 2. The molecule has 1 aliphatic rings. The summed E-state index contributed by atoms with van der Waals surface area (Å²) in [7, 11) is 0. The molecule has 2 unspecified atom stereocenters. The lowest BCUT2D eigenvalue weighted by Gasteiger charge is -2.27. The first-order chi connectivity index (χ1) is 10.2. The fourth-order valence-corrected chi connectivity index (χ4v) is 3.63. The van der Waals surface area contributed by atoms with E-state index in [1.165, 1.54) is 31.2 Å². The molecule has 2 rings (SSSR count). The highest BCUT2D eigenvalue weighted by molar-refractivity contribution is 9.10. The van der Waals surface area contributed by atoms with Gasteiger partial charge in [0.15, 0.2) is 0 Å². The van der Waals surface area contributed by atoms with Crippen LogP contribution in [-0.4, -0.2) is 5.78 Å². The third-order valence-electron chi connectivity index (χ3n) is 4.78. The molecule has 0 saturated heterocycles. The third kappa shape index (κ3) is 5.58. The quantitative estimate of drug-likeness (QED) is 0.555. The predicted octanol–water partition coefficient (Wildman–Crippen LogP) is 5.95. The van der Waals surface area contributed by atoms with Crippen LogP contribution in [0.4, 0.5) is 0 Å². The number of aryl methyl sites for hydroxylation is 1. The second-order valence-electron chi connectivity index (χ2n) is 6.47. The molecule has 1 saturated carbocycles. The molecule has 0 heterocycles. The van der Waals surface area contributed by atoms with Gasteiger partial charge in [-0.3, -0.25) is 4.79 Å². The van der Waals surface area contributed by atoms with Gasteiger partial charge in [-0.25, -0.2) is 0 Å². The average molecular weight is 351 g/mol. The summed E-state index contributed by atoms with van der Waals surface area (Å²) in [6.07, 6.45) is 10.4. The van der Waals surface area contributed by atoms with Crippen molar-refractivity contribution in [1.29, 1.82) is 0 Å². The van der Waals surface area contributed by atoms with E-state index in [0.717, 1.165) is 36.6 Å². The van der Waals surface area contributed by atoms with Crippen LogP contribution in [0.5, 0.6) is 0 Å². The zero-order chi connectivity index (χ0) is 15.1. The van der Waals surface area contributed by atoms with Gasteiger partial charge in [0.25, 0.3) is 0 Å². The average Bonchev–Trinajstić information content (AvgIpc) is 2.49. The maximum atomic E-state index is 12.2. The van der Waals surface area contributed by atoms with E-state index in [9.17, 15) is 4.79 Å². The highest BCUT2D eigenvalue weighted by Crippen LogP contribution is 2.32. The van der Waals surface area contributed by atoms with E-state index in [1.807, 2.05) is 0 Å². The molecule has 1 aromatic rings. The number of benzene rings is 1. The van der Waals surface area contributed by atoms with E-state index in [0.29, 0.717) is 17.6 Å². The minimum atomic E-state index is 0.375. The van der Waals surface area contributed by atoms with Gasteiger partial charge in [0.2, 0.25) is 0 Å². The summed E-state index contributed by atoms with van der Waals surface area (Å²) in [4.78, 5) is 12.2. The van der Waals surface area contributed by atoms with Gasteiger partial charge in [-0.2, -0.15) is 0 Å². The maximum absolute atomic E-state index is 12.2. The monoisotopic (exact) mass is 350 g/mol. The fourth-order valence-electron chi connectivity index (χ4n) is 3.37. The van der Waals surface area contributed by atoms with Crippen LogP contribution in [0.1, 0.15) is 63.9 Å². The van der Waals surface area contributed by atoms with Crippen LogP contribution in [0.2, 0.25) is 0 Å². The third-order valence-corrected chi connectivity index (χ3v) is 5.31. The van der Waals surface area contributed by atoms with Crippen molar-refractivity contribution in [2.75, 3.05) is 0 Å². The molecule has 116 valence electrons. The molecule has 1 aliphatic carbocycles. The van der Waals surface area contributed by atoms with Gasteiger partial charge in [-0.1, -0.05) is 54.2 Å². The molecule has 2 atom stereocenters. The standard InChI is InChI=1S/C19H27BrO/c1-2-3-4-5-17-11-8-16(14-19(17)21)7-6-15-9-12-18(20)13-10-15/h9-10,12-13,16-17H,2-8,11,14H2,1H3. The first-order valence-electron chi connectivity index (χ1n) is 8.46. The van der Waals surface area contributed by atoms with E-state index < -0.39 is 0 Å². The predicted molar refractivity (Wildman–Crippen MR) is 92.4 cm³/mol. The van der Waals surface area contributed by atoms with Gasteiger partial charge < -0.3 is 0 Å². The first-order valence-corrected chi connectivity index (χ1v) is 9.25. The number of hydrogen-bond acceptors (Lipinski definition) is 1. The van der Waals surface area contributed by atoms with E-state index in [1.54, 1.807) is 0 Å². The van der Waals surface area contributed by atoms with Crippen LogP contribution in [-0.2, 0) is 11.2 Å².